The smallest absolute Gasteiger partial charge is 0.0586 e. The van der Waals surface area contributed by atoms with Crippen LogP contribution in [0, 0.1) is 0 Å². The second-order valence-electron chi connectivity index (χ2n) is 4.08. The maximum Gasteiger partial charge on any atom is 0.0586 e. The number of aliphatic hydroxyl groups is 1. The van der Waals surface area contributed by atoms with Crippen LogP contribution in [-0.2, 0) is 6.42 Å². The molecule has 0 saturated carbocycles. The van der Waals surface area contributed by atoms with E-state index in [1.807, 2.05) is 6.07 Å². The van der Waals surface area contributed by atoms with Gasteiger partial charge in [-0.25, -0.2) is 0 Å². The Bertz CT molecular complexity index is 269. The molecule has 1 aromatic carbocycles. The van der Waals surface area contributed by atoms with Crippen LogP contribution in [-0.4, -0.2) is 35.7 Å². The monoisotopic (exact) mass is 221 g/mol. The van der Waals surface area contributed by atoms with Crippen molar-refractivity contribution in [1.82, 2.24) is 4.90 Å². The zero-order chi connectivity index (χ0) is 11.8. The quantitative estimate of drug-likeness (QED) is 0.764. The van der Waals surface area contributed by atoms with Crippen molar-refractivity contribution in [3.8, 4) is 0 Å². The molecule has 90 valence electrons. The third-order valence-corrected chi connectivity index (χ3v) is 3.15. The fraction of sp³-hybridized carbons (Fsp3) is 0.571. The molecule has 1 rings (SSSR count). The van der Waals surface area contributed by atoms with Crippen LogP contribution in [0.1, 0.15) is 25.8 Å². The summed E-state index contributed by atoms with van der Waals surface area (Å²) in [7, 11) is 0. The summed E-state index contributed by atoms with van der Waals surface area (Å²) in [6, 6.07) is 10.8. The molecule has 1 unspecified atom stereocenters. The van der Waals surface area contributed by atoms with E-state index in [0.717, 1.165) is 25.9 Å². The molecule has 2 heteroatoms. The summed E-state index contributed by atoms with van der Waals surface area (Å²) in [6.07, 6.45) is 2.07. The Morgan fingerprint density at radius 1 is 1.12 bits per heavy atom. The summed E-state index contributed by atoms with van der Waals surface area (Å²) in [4.78, 5) is 2.32. The van der Waals surface area contributed by atoms with Crippen molar-refractivity contribution in [2.24, 2.45) is 0 Å². The molecule has 16 heavy (non-hydrogen) atoms. The van der Waals surface area contributed by atoms with Crippen molar-refractivity contribution in [2.45, 2.75) is 32.7 Å². The van der Waals surface area contributed by atoms with E-state index in [9.17, 15) is 5.11 Å². The molecule has 1 atom stereocenters. The molecule has 0 aromatic heterocycles. The Kier molecular flexibility index (Phi) is 6.12. The average molecular weight is 221 g/mol. The lowest BCUT2D eigenvalue weighted by Gasteiger charge is -2.28. The van der Waals surface area contributed by atoms with Crippen molar-refractivity contribution < 1.29 is 5.11 Å². The van der Waals surface area contributed by atoms with Crippen LogP contribution in [0.4, 0.5) is 0 Å². The highest BCUT2D eigenvalue weighted by Crippen LogP contribution is 2.09. The minimum absolute atomic E-state index is 0.258. The molecule has 0 aliphatic carbocycles. The van der Waals surface area contributed by atoms with Gasteiger partial charge in [0.1, 0.15) is 0 Å². The van der Waals surface area contributed by atoms with E-state index in [4.69, 9.17) is 0 Å². The Labute approximate surface area is 98.9 Å². The summed E-state index contributed by atoms with van der Waals surface area (Å²) >= 11 is 0. The van der Waals surface area contributed by atoms with Crippen LogP contribution < -0.4 is 0 Å². The number of hydrogen-bond acceptors (Lipinski definition) is 2. The predicted octanol–water partition coefficient (Wildman–Crippen LogP) is 2.32. The van der Waals surface area contributed by atoms with Crippen LogP contribution in [0.25, 0.3) is 0 Å². The summed E-state index contributed by atoms with van der Waals surface area (Å²) in [5.41, 5.74) is 1.35. The fourth-order valence-electron chi connectivity index (χ4n) is 2.11. The van der Waals surface area contributed by atoms with E-state index in [0.29, 0.717) is 6.04 Å². The molecule has 0 saturated heterocycles. The van der Waals surface area contributed by atoms with Gasteiger partial charge in [0, 0.05) is 6.04 Å². The average Bonchev–Trinajstić information content (AvgIpc) is 2.35. The standard InChI is InChI=1S/C14H23NO/c1-3-15(4-2)14(12-16)11-10-13-8-6-5-7-9-13/h5-9,14,16H,3-4,10-12H2,1-2H3. The van der Waals surface area contributed by atoms with Gasteiger partial charge in [-0.1, -0.05) is 44.2 Å². The van der Waals surface area contributed by atoms with E-state index in [2.05, 4.69) is 43.0 Å². The first-order valence-corrected chi connectivity index (χ1v) is 6.20. The minimum Gasteiger partial charge on any atom is -0.395 e. The first-order valence-electron chi connectivity index (χ1n) is 6.20. The summed E-state index contributed by atoms with van der Waals surface area (Å²) in [5, 5.41) is 9.40. The Morgan fingerprint density at radius 3 is 2.25 bits per heavy atom. The van der Waals surface area contributed by atoms with Gasteiger partial charge in [-0.05, 0) is 31.5 Å². The zero-order valence-electron chi connectivity index (χ0n) is 10.4. The van der Waals surface area contributed by atoms with Gasteiger partial charge < -0.3 is 5.11 Å². The Balaban J connectivity index is 2.45. The summed E-state index contributed by atoms with van der Waals surface area (Å²) in [6.45, 7) is 6.57. The van der Waals surface area contributed by atoms with Gasteiger partial charge in [-0.2, -0.15) is 0 Å². The van der Waals surface area contributed by atoms with E-state index in [1.165, 1.54) is 5.56 Å². The van der Waals surface area contributed by atoms with Gasteiger partial charge >= 0.3 is 0 Å². The van der Waals surface area contributed by atoms with E-state index >= 15 is 0 Å². The van der Waals surface area contributed by atoms with Gasteiger partial charge in [0.25, 0.3) is 0 Å². The SMILES string of the molecule is CCN(CC)C(CO)CCc1ccccc1. The molecule has 0 heterocycles. The maximum atomic E-state index is 9.40. The van der Waals surface area contributed by atoms with Crippen LogP contribution in [0.15, 0.2) is 30.3 Å². The maximum absolute atomic E-state index is 9.40. The van der Waals surface area contributed by atoms with E-state index in [1.54, 1.807) is 0 Å². The molecular formula is C14H23NO. The number of aryl methyl sites for hydroxylation is 1. The number of rotatable bonds is 7. The van der Waals surface area contributed by atoms with Crippen LogP contribution in [0.3, 0.4) is 0 Å². The van der Waals surface area contributed by atoms with Crippen molar-refractivity contribution in [3.05, 3.63) is 35.9 Å². The third kappa shape index (κ3) is 3.95. The molecule has 2 nitrogen and oxygen atoms in total. The highest BCUT2D eigenvalue weighted by atomic mass is 16.3. The molecule has 1 N–H and O–H groups in total. The molecule has 0 aliphatic heterocycles. The third-order valence-electron chi connectivity index (χ3n) is 3.15. The fourth-order valence-corrected chi connectivity index (χ4v) is 2.11. The largest absolute Gasteiger partial charge is 0.395 e. The lowest BCUT2D eigenvalue weighted by Crippen LogP contribution is -2.38. The van der Waals surface area contributed by atoms with Crippen molar-refractivity contribution in [2.75, 3.05) is 19.7 Å². The van der Waals surface area contributed by atoms with Crippen molar-refractivity contribution in [3.63, 3.8) is 0 Å². The summed E-state index contributed by atoms with van der Waals surface area (Å²) < 4.78 is 0. The molecule has 0 amide bonds. The van der Waals surface area contributed by atoms with Crippen LogP contribution in [0.5, 0.6) is 0 Å². The molecule has 0 radical (unpaired) electrons. The van der Waals surface area contributed by atoms with Gasteiger partial charge in [-0.3, -0.25) is 4.90 Å². The number of hydrogen-bond donors (Lipinski definition) is 1. The van der Waals surface area contributed by atoms with Gasteiger partial charge in [-0.15, -0.1) is 0 Å². The van der Waals surface area contributed by atoms with Crippen LogP contribution >= 0.6 is 0 Å². The molecule has 0 fully saturated rings. The van der Waals surface area contributed by atoms with E-state index < -0.39 is 0 Å². The predicted molar refractivity (Wildman–Crippen MR) is 68.6 cm³/mol. The molecule has 0 bridgehead atoms. The second-order valence-corrected chi connectivity index (χ2v) is 4.08. The number of aliphatic hydroxyl groups excluding tert-OH is 1. The van der Waals surface area contributed by atoms with Gasteiger partial charge in [0.05, 0.1) is 6.61 Å². The lowest BCUT2D eigenvalue weighted by atomic mass is 10.0. The topological polar surface area (TPSA) is 23.5 Å². The van der Waals surface area contributed by atoms with E-state index in [-0.39, 0.29) is 6.61 Å². The molecule has 1 aromatic rings. The van der Waals surface area contributed by atoms with Crippen LogP contribution in [0.2, 0.25) is 0 Å². The molecular weight excluding hydrogens is 198 g/mol. The number of benzene rings is 1. The minimum atomic E-state index is 0.258. The number of nitrogens with zero attached hydrogens (tertiary/aromatic N) is 1. The molecule has 0 spiro atoms. The Morgan fingerprint density at radius 2 is 1.75 bits per heavy atom. The van der Waals surface area contributed by atoms with Gasteiger partial charge in [0.2, 0.25) is 0 Å². The molecule has 0 aliphatic rings. The van der Waals surface area contributed by atoms with Crippen molar-refractivity contribution in [1.29, 1.82) is 0 Å². The Hall–Kier alpha value is -0.860. The highest BCUT2D eigenvalue weighted by molar-refractivity contribution is 5.14. The highest BCUT2D eigenvalue weighted by Gasteiger charge is 2.13. The normalized spacial score (nSPS) is 13.0. The second kappa shape index (κ2) is 7.42. The van der Waals surface area contributed by atoms with Crippen molar-refractivity contribution >= 4 is 0 Å². The zero-order valence-corrected chi connectivity index (χ0v) is 10.4. The summed E-state index contributed by atoms with van der Waals surface area (Å²) in [5.74, 6) is 0. The first kappa shape index (κ1) is 13.2. The lowest BCUT2D eigenvalue weighted by molar-refractivity contribution is 0.126. The first-order chi connectivity index (χ1) is 7.81. The van der Waals surface area contributed by atoms with Gasteiger partial charge in [0.15, 0.2) is 0 Å². The number of likely N-dealkylation sites (N-methyl/N-ethyl adjacent to an activating group) is 1.